The van der Waals surface area contributed by atoms with Crippen LogP contribution < -0.4 is 4.74 Å². The van der Waals surface area contributed by atoms with Crippen molar-refractivity contribution < 1.29 is 39.9 Å². The van der Waals surface area contributed by atoms with Crippen molar-refractivity contribution in [3.8, 4) is 5.75 Å². The molecule has 0 atom stereocenters. The van der Waals surface area contributed by atoms with Crippen molar-refractivity contribution in [2.24, 2.45) is 0 Å². The molecule has 34 heavy (non-hydrogen) atoms. The highest BCUT2D eigenvalue weighted by Crippen LogP contribution is 2.31. The van der Waals surface area contributed by atoms with E-state index < -0.39 is 57.1 Å². The van der Waals surface area contributed by atoms with Crippen LogP contribution in [0.1, 0.15) is 28.4 Å². The summed E-state index contributed by atoms with van der Waals surface area (Å²) in [6.07, 6.45) is 0. The average Bonchev–Trinajstić information content (AvgIpc) is 2.81. The predicted molar refractivity (Wildman–Crippen MR) is 112 cm³/mol. The van der Waals surface area contributed by atoms with Crippen LogP contribution in [0.2, 0.25) is 0 Å². The number of rotatable bonds is 8. The number of carbonyl (C=O) groups is 1. The van der Waals surface area contributed by atoms with Gasteiger partial charge in [0.25, 0.3) is 0 Å². The molecular formula is C23H18F5NO4S. The molecule has 11 heteroatoms. The number of benzene rings is 3. The molecular weight excluding hydrogens is 481 g/mol. The Hall–Kier alpha value is -3.31. The molecule has 0 saturated carbocycles. The van der Waals surface area contributed by atoms with E-state index in [1.165, 1.54) is 62.6 Å². The third-order valence-corrected chi connectivity index (χ3v) is 6.82. The van der Waals surface area contributed by atoms with E-state index in [1.807, 2.05) is 0 Å². The third kappa shape index (κ3) is 4.95. The monoisotopic (exact) mass is 499 g/mol. The maximum Gasteiger partial charge on any atom is 0.249 e. The number of Topliss-reactive ketones (excluding diaryl/α,β-unsaturated/α-hetero) is 1. The Kier molecular flexibility index (Phi) is 7.37. The summed E-state index contributed by atoms with van der Waals surface area (Å²) in [7, 11) is -3.81. The van der Waals surface area contributed by atoms with Crippen LogP contribution in [0.5, 0.6) is 5.75 Å². The van der Waals surface area contributed by atoms with Crippen molar-refractivity contribution in [1.82, 2.24) is 4.31 Å². The summed E-state index contributed by atoms with van der Waals surface area (Å²) in [5.74, 6) is -11.9. The van der Waals surface area contributed by atoms with Crippen molar-refractivity contribution in [3.05, 3.63) is 94.3 Å². The van der Waals surface area contributed by atoms with Crippen LogP contribution in [0.4, 0.5) is 22.0 Å². The molecule has 0 unspecified atom stereocenters. The molecule has 0 radical (unpaired) electrons. The lowest BCUT2D eigenvalue weighted by atomic mass is 10.1. The quantitative estimate of drug-likeness (QED) is 0.190. The van der Waals surface area contributed by atoms with Crippen LogP contribution in [0.25, 0.3) is 0 Å². The van der Waals surface area contributed by atoms with Gasteiger partial charge in [-0.3, -0.25) is 4.79 Å². The smallest absolute Gasteiger partial charge is 0.249 e. The number of ketones is 1. The van der Waals surface area contributed by atoms with Gasteiger partial charge in [-0.15, -0.1) is 0 Å². The molecule has 0 heterocycles. The molecule has 0 amide bonds. The maximum absolute atomic E-state index is 14.4. The Bertz CT molecular complexity index is 1300. The largest absolute Gasteiger partial charge is 0.497 e. The van der Waals surface area contributed by atoms with Gasteiger partial charge in [0.1, 0.15) is 5.75 Å². The Labute approximate surface area is 192 Å². The lowest BCUT2D eigenvalue weighted by molar-refractivity contribution is 0.101. The molecule has 180 valence electrons. The minimum atomic E-state index is -5.22. The average molecular weight is 499 g/mol. The van der Waals surface area contributed by atoms with E-state index in [0.29, 0.717) is 26.7 Å². The molecule has 0 spiro atoms. The molecule has 0 saturated heterocycles. The van der Waals surface area contributed by atoms with Crippen LogP contribution in [0, 0.1) is 29.1 Å². The second-order valence-corrected chi connectivity index (χ2v) is 9.15. The fraction of sp³-hybridized carbons (Fsp3) is 0.174. The Morgan fingerprint density at radius 3 is 1.59 bits per heavy atom. The summed E-state index contributed by atoms with van der Waals surface area (Å²) in [6.45, 7) is 0.394. The number of nitrogens with zero attached hydrogens (tertiary/aromatic N) is 1. The van der Waals surface area contributed by atoms with Crippen LogP contribution in [-0.4, -0.2) is 25.6 Å². The van der Waals surface area contributed by atoms with E-state index >= 15 is 0 Å². The first kappa shape index (κ1) is 25.3. The first-order valence-electron chi connectivity index (χ1n) is 9.71. The zero-order valence-electron chi connectivity index (χ0n) is 17.9. The molecule has 5 nitrogen and oxygen atoms in total. The van der Waals surface area contributed by atoms with Gasteiger partial charge in [0.05, 0.1) is 7.11 Å². The number of halogens is 5. The second-order valence-electron chi connectivity index (χ2n) is 7.27. The fourth-order valence-electron chi connectivity index (χ4n) is 3.15. The number of sulfonamides is 1. The van der Waals surface area contributed by atoms with Gasteiger partial charge in [-0.05, 0) is 30.2 Å². The highest BCUT2D eigenvalue weighted by molar-refractivity contribution is 7.89. The van der Waals surface area contributed by atoms with Crippen molar-refractivity contribution in [2.75, 3.05) is 7.11 Å². The minimum absolute atomic E-state index is 0.240. The van der Waals surface area contributed by atoms with Gasteiger partial charge in [-0.2, -0.15) is 4.31 Å². The summed E-state index contributed by atoms with van der Waals surface area (Å²) in [4.78, 5) is 9.53. The minimum Gasteiger partial charge on any atom is -0.497 e. The number of hydrogen-bond donors (Lipinski definition) is 0. The molecule has 0 aliphatic heterocycles. The zero-order chi connectivity index (χ0) is 25.2. The van der Waals surface area contributed by atoms with Gasteiger partial charge in [-0.1, -0.05) is 36.4 Å². The summed E-state index contributed by atoms with van der Waals surface area (Å²) < 4.78 is 102. The molecule has 0 fully saturated rings. The van der Waals surface area contributed by atoms with Gasteiger partial charge < -0.3 is 4.74 Å². The van der Waals surface area contributed by atoms with Crippen molar-refractivity contribution >= 4 is 15.8 Å². The number of hydrogen-bond acceptors (Lipinski definition) is 4. The van der Waals surface area contributed by atoms with Crippen LogP contribution >= 0.6 is 0 Å². The van der Waals surface area contributed by atoms with Gasteiger partial charge >= 0.3 is 0 Å². The Morgan fingerprint density at radius 1 is 0.765 bits per heavy atom. The van der Waals surface area contributed by atoms with E-state index in [0.717, 1.165) is 0 Å². The SMILES string of the molecule is COc1ccc(CN(Cc2ccc(C(C)=O)cc2)S(=O)(=O)c2c(F)c(F)c(F)c(F)c2F)cc1. The summed E-state index contributed by atoms with van der Waals surface area (Å²) in [5.41, 5.74) is 1.01. The Balaban J connectivity index is 2.10. The molecule has 3 aromatic carbocycles. The fourth-order valence-corrected chi connectivity index (χ4v) is 4.68. The molecule has 3 rings (SSSR count). The van der Waals surface area contributed by atoms with Crippen LogP contribution in [0.15, 0.2) is 53.4 Å². The van der Waals surface area contributed by atoms with Crippen molar-refractivity contribution in [3.63, 3.8) is 0 Å². The van der Waals surface area contributed by atoms with Crippen molar-refractivity contribution in [1.29, 1.82) is 0 Å². The van der Waals surface area contributed by atoms with Gasteiger partial charge in [-0.25, -0.2) is 30.4 Å². The molecule has 0 aromatic heterocycles. The number of ether oxygens (including phenoxy) is 1. The molecule has 0 bridgehead atoms. The van der Waals surface area contributed by atoms with Crippen LogP contribution in [-0.2, 0) is 23.1 Å². The zero-order valence-corrected chi connectivity index (χ0v) is 18.7. The number of methoxy groups -OCH3 is 1. The Morgan fingerprint density at radius 2 is 1.18 bits per heavy atom. The first-order valence-corrected chi connectivity index (χ1v) is 11.2. The van der Waals surface area contributed by atoms with E-state index in [2.05, 4.69) is 0 Å². The second kappa shape index (κ2) is 9.90. The molecule has 0 aliphatic carbocycles. The topological polar surface area (TPSA) is 63.7 Å². The highest BCUT2D eigenvalue weighted by Gasteiger charge is 2.37. The van der Waals surface area contributed by atoms with E-state index in [-0.39, 0.29) is 5.78 Å². The first-order chi connectivity index (χ1) is 16.0. The third-order valence-electron chi connectivity index (χ3n) is 5.00. The van der Waals surface area contributed by atoms with E-state index in [1.54, 1.807) is 0 Å². The predicted octanol–water partition coefficient (Wildman–Crippen LogP) is 4.98. The van der Waals surface area contributed by atoms with Crippen molar-refractivity contribution in [2.45, 2.75) is 24.9 Å². The molecule has 0 aliphatic rings. The van der Waals surface area contributed by atoms with Gasteiger partial charge in [0, 0.05) is 18.7 Å². The summed E-state index contributed by atoms with van der Waals surface area (Å²) in [6, 6.07) is 11.7. The standard InChI is InChI=1S/C23H18F5NO4S/c1-13(30)16-7-3-14(4-8-16)11-29(12-15-5-9-17(33-2)10-6-15)34(31,32)23-21(27)19(25)18(24)20(26)22(23)28/h3-10H,11-12H2,1-2H3. The summed E-state index contributed by atoms with van der Waals surface area (Å²) >= 11 is 0. The highest BCUT2D eigenvalue weighted by atomic mass is 32.2. The number of carbonyl (C=O) groups excluding carboxylic acids is 1. The van der Waals surface area contributed by atoms with E-state index in [9.17, 15) is 35.2 Å². The normalized spacial score (nSPS) is 11.6. The van der Waals surface area contributed by atoms with Gasteiger partial charge in [0.2, 0.25) is 15.8 Å². The summed E-state index contributed by atoms with van der Waals surface area (Å²) in [5, 5.41) is 0. The van der Waals surface area contributed by atoms with Crippen LogP contribution in [0.3, 0.4) is 0 Å². The lowest BCUT2D eigenvalue weighted by Crippen LogP contribution is -2.32. The molecule has 0 N–H and O–H groups in total. The molecule has 3 aromatic rings. The maximum atomic E-state index is 14.4. The van der Waals surface area contributed by atoms with E-state index in [4.69, 9.17) is 4.74 Å². The lowest BCUT2D eigenvalue weighted by Gasteiger charge is -2.23. The van der Waals surface area contributed by atoms with Gasteiger partial charge in [0.15, 0.2) is 33.9 Å².